The minimum Gasteiger partial charge on any atom is -0.478 e. The van der Waals surface area contributed by atoms with Crippen LogP contribution in [0.3, 0.4) is 0 Å². The summed E-state index contributed by atoms with van der Waals surface area (Å²) in [6, 6.07) is 30.3. The van der Waals surface area contributed by atoms with Gasteiger partial charge in [0.25, 0.3) is 0 Å². The van der Waals surface area contributed by atoms with E-state index in [0.717, 1.165) is 33.1 Å². The Hall–Kier alpha value is -4.57. The van der Waals surface area contributed by atoms with E-state index in [4.69, 9.17) is 51.1 Å². The van der Waals surface area contributed by atoms with Crippen LogP contribution in [0.1, 0.15) is 26.3 Å². The van der Waals surface area contributed by atoms with Crippen molar-refractivity contribution in [3.8, 4) is 60.9 Å². The summed E-state index contributed by atoms with van der Waals surface area (Å²) >= 11 is 30.3. The average molecular weight is 894 g/mol. The highest BCUT2D eigenvalue weighted by Crippen LogP contribution is 2.36. The number of nitriles is 1. The summed E-state index contributed by atoms with van der Waals surface area (Å²) in [5.41, 5.74) is 6.83. The van der Waals surface area contributed by atoms with Gasteiger partial charge < -0.3 is 9.84 Å². The maximum Gasteiger partial charge on any atom is 0.339 e. The third-order valence-electron chi connectivity index (χ3n) is 7.89. The summed E-state index contributed by atoms with van der Waals surface area (Å²) in [4.78, 5) is 33.0. The number of rotatable bonds is 7. The van der Waals surface area contributed by atoms with Crippen molar-refractivity contribution in [2.24, 2.45) is 0 Å². The molecule has 5 aromatic carbocycles. The van der Waals surface area contributed by atoms with Crippen LogP contribution in [0.25, 0.3) is 54.8 Å². The number of hydrogen-bond acceptors (Lipinski definition) is 8. The molecule has 2 heterocycles. The molecule has 7 nitrogen and oxygen atoms in total. The second-order valence-corrected chi connectivity index (χ2v) is 15.4. The predicted octanol–water partition coefficient (Wildman–Crippen LogP) is 13.4. The number of nitrogens with zero attached hydrogens (tertiary/aromatic N) is 3. The number of ether oxygens (including phenoxy) is 1. The SMILES string of the molecule is COC(=O)c1cc(-c2nc(-c3ccc(Cl)c(Cl)c3)cs2)ccc1Br.N#Cc1ccccc1-c1ccc(-c2nc(-c3ccc(Cl)c(Cl)c3)cs2)cc1C(=O)O. The predicted molar refractivity (Wildman–Crippen MR) is 222 cm³/mol. The molecule has 0 radical (unpaired) electrons. The van der Waals surface area contributed by atoms with Crippen molar-refractivity contribution in [2.45, 2.75) is 0 Å². The number of aromatic nitrogens is 2. The molecule has 0 aliphatic carbocycles. The lowest BCUT2D eigenvalue weighted by Gasteiger charge is -2.09. The topological polar surface area (TPSA) is 113 Å². The smallest absolute Gasteiger partial charge is 0.339 e. The number of aromatic carboxylic acids is 1. The first kappa shape index (κ1) is 39.1. The van der Waals surface area contributed by atoms with Gasteiger partial charge in [-0.1, -0.05) is 94.9 Å². The van der Waals surface area contributed by atoms with Gasteiger partial charge in [-0.15, -0.1) is 22.7 Å². The van der Waals surface area contributed by atoms with E-state index in [0.29, 0.717) is 57.4 Å². The summed E-state index contributed by atoms with van der Waals surface area (Å²) in [7, 11) is 1.35. The number of thiazole rings is 2. The Morgan fingerprint density at radius 3 is 1.72 bits per heavy atom. The van der Waals surface area contributed by atoms with Gasteiger partial charge in [-0.2, -0.15) is 5.26 Å². The van der Waals surface area contributed by atoms with Crippen molar-refractivity contribution in [1.29, 1.82) is 5.26 Å². The molecule has 7 aromatic rings. The normalized spacial score (nSPS) is 10.6. The van der Waals surface area contributed by atoms with Gasteiger partial charge in [0, 0.05) is 43.1 Å². The van der Waals surface area contributed by atoms with E-state index in [1.165, 1.54) is 29.8 Å². The van der Waals surface area contributed by atoms with Crippen LogP contribution in [0.4, 0.5) is 0 Å². The minimum atomic E-state index is -1.07. The molecule has 54 heavy (non-hydrogen) atoms. The number of methoxy groups -OCH3 is 1. The molecular formula is C40H22BrCl4N3O4S2. The highest BCUT2D eigenvalue weighted by atomic mass is 79.9. The first-order chi connectivity index (χ1) is 26.0. The fourth-order valence-electron chi connectivity index (χ4n) is 5.22. The molecule has 2 aromatic heterocycles. The fourth-order valence-corrected chi connectivity index (χ4v) is 7.87. The molecule has 1 N–H and O–H groups in total. The summed E-state index contributed by atoms with van der Waals surface area (Å²) in [6.45, 7) is 0. The quantitative estimate of drug-likeness (QED) is 0.159. The third-order valence-corrected chi connectivity index (χ3v) is 11.8. The number of halogens is 5. The maximum absolute atomic E-state index is 11.9. The monoisotopic (exact) mass is 891 g/mol. The number of carbonyl (C=O) groups is 2. The second-order valence-electron chi connectivity index (χ2n) is 11.2. The van der Waals surface area contributed by atoms with E-state index >= 15 is 0 Å². The van der Waals surface area contributed by atoms with Crippen molar-refractivity contribution in [3.63, 3.8) is 0 Å². The summed E-state index contributed by atoms with van der Waals surface area (Å²) < 4.78 is 5.47. The zero-order valence-corrected chi connectivity index (χ0v) is 33.9. The summed E-state index contributed by atoms with van der Waals surface area (Å²) in [5.74, 6) is -1.47. The van der Waals surface area contributed by atoms with Crippen molar-refractivity contribution in [2.75, 3.05) is 7.11 Å². The van der Waals surface area contributed by atoms with Gasteiger partial charge in [-0.3, -0.25) is 0 Å². The fraction of sp³-hybridized carbons (Fsp3) is 0.0250. The molecule has 0 spiro atoms. The lowest BCUT2D eigenvalue weighted by molar-refractivity contribution is 0.0598. The first-order valence-corrected chi connectivity index (χ1v) is 19.6. The maximum atomic E-state index is 11.9. The molecule has 0 atom stereocenters. The molecule has 0 unspecified atom stereocenters. The van der Waals surface area contributed by atoms with E-state index in [2.05, 4.69) is 32.0 Å². The highest BCUT2D eigenvalue weighted by molar-refractivity contribution is 9.10. The zero-order chi connectivity index (χ0) is 38.5. The molecule has 0 fully saturated rings. The van der Waals surface area contributed by atoms with Gasteiger partial charge in [0.1, 0.15) is 10.0 Å². The number of esters is 1. The summed E-state index contributed by atoms with van der Waals surface area (Å²) in [5, 5.41) is 26.3. The molecule has 0 bridgehead atoms. The van der Waals surface area contributed by atoms with Crippen LogP contribution in [-0.2, 0) is 4.74 Å². The Labute approximate surface area is 346 Å². The van der Waals surface area contributed by atoms with Gasteiger partial charge in [0.05, 0.1) is 61.3 Å². The number of hydrogen-bond donors (Lipinski definition) is 1. The Bertz CT molecular complexity index is 2600. The molecule has 0 aliphatic rings. The molecule has 14 heteroatoms. The van der Waals surface area contributed by atoms with Crippen LogP contribution in [0.15, 0.2) is 112 Å². The summed E-state index contributed by atoms with van der Waals surface area (Å²) in [6.07, 6.45) is 0. The van der Waals surface area contributed by atoms with E-state index in [1.54, 1.807) is 66.7 Å². The van der Waals surface area contributed by atoms with Crippen LogP contribution in [-0.4, -0.2) is 34.1 Å². The van der Waals surface area contributed by atoms with Crippen LogP contribution < -0.4 is 0 Å². The molecule has 0 saturated heterocycles. The van der Waals surface area contributed by atoms with Gasteiger partial charge in [-0.25, -0.2) is 19.6 Å². The van der Waals surface area contributed by atoms with Crippen molar-refractivity contribution in [3.05, 3.63) is 149 Å². The van der Waals surface area contributed by atoms with Gasteiger partial charge in [-0.05, 0) is 70.0 Å². The molecule has 0 saturated carbocycles. The third kappa shape index (κ3) is 8.70. The lowest BCUT2D eigenvalue weighted by atomic mass is 9.94. The lowest BCUT2D eigenvalue weighted by Crippen LogP contribution is -2.02. The largest absolute Gasteiger partial charge is 0.478 e. The molecular weight excluding hydrogens is 872 g/mol. The minimum absolute atomic E-state index is 0.112. The standard InChI is InChI=1S/C23H12Cl2N2O2S.C17H10BrCl2NO2S/c24-19-8-6-13(10-20(19)25)21-12-30-22(27-21)14-5-7-17(18(9-14)23(28)29)16-4-2-1-3-15(16)11-26;1-23-17(22)11-6-10(2-4-12(11)18)16-21-15(8-24-16)9-3-5-13(19)14(20)7-9/h1-10,12H,(H,28,29);2-8H,1H3. The van der Waals surface area contributed by atoms with E-state index in [9.17, 15) is 20.0 Å². The zero-order valence-electron chi connectivity index (χ0n) is 27.6. The second kappa shape index (κ2) is 17.3. The molecule has 268 valence electrons. The number of carboxylic acids is 1. The van der Waals surface area contributed by atoms with Gasteiger partial charge >= 0.3 is 11.9 Å². The molecule has 7 rings (SSSR count). The Kier molecular flexibility index (Phi) is 12.5. The van der Waals surface area contributed by atoms with Gasteiger partial charge in [0.15, 0.2) is 0 Å². The Balaban J connectivity index is 0.000000189. The Morgan fingerprint density at radius 2 is 1.20 bits per heavy atom. The molecule has 0 amide bonds. The van der Waals surface area contributed by atoms with Gasteiger partial charge in [0.2, 0.25) is 0 Å². The highest BCUT2D eigenvalue weighted by Gasteiger charge is 2.18. The molecule has 0 aliphatic heterocycles. The van der Waals surface area contributed by atoms with Crippen molar-refractivity contribution < 1.29 is 19.4 Å². The van der Waals surface area contributed by atoms with Crippen molar-refractivity contribution >= 4 is 96.9 Å². The van der Waals surface area contributed by atoms with Crippen LogP contribution in [0.2, 0.25) is 20.1 Å². The van der Waals surface area contributed by atoms with E-state index < -0.39 is 11.9 Å². The first-order valence-electron chi connectivity index (χ1n) is 15.5. The van der Waals surface area contributed by atoms with Crippen LogP contribution >= 0.6 is 85.0 Å². The Morgan fingerprint density at radius 1 is 0.685 bits per heavy atom. The number of carbonyl (C=O) groups excluding carboxylic acids is 1. The number of benzene rings is 5. The van der Waals surface area contributed by atoms with Crippen molar-refractivity contribution in [1.82, 2.24) is 9.97 Å². The van der Waals surface area contributed by atoms with E-state index in [-0.39, 0.29) is 5.56 Å². The average Bonchev–Trinajstić information content (AvgIpc) is 3.89. The van der Waals surface area contributed by atoms with E-state index in [1.807, 2.05) is 41.1 Å². The number of carboxylic acid groups (broad SMARTS) is 1. The van der Waals surface area contributed by atoms with Crippen LogP contribution in [0, 0.1) is 11.3 Å². The van der Waals surface area contributed by atoms with Crippen LogP contribution in [0.5, 0.6) is 0 Å².